The summed E-state index contributed by atoms with van der Waals surface area (Å²) in [6, 6.07) is 17.1. The lowest BCUT2D eigenvalue weighted by atomic mass is 9.98. The van der Waals surface area contributed by atoms with Crippen molar-refractivity contribution in [2.75, 3.05) is 0 Å². The van der Waals surface area contributed by atoms with Crippen LogP contribution in [-0.4, -0.2) is 15.9 Å². The maximum atomic E-state index is 12.5. The molecule has 0 spiro atoms. The van der Waals surface area contributed by atoms with Crippen LogP contribution < -0.4 is 5.32 Å². The fourth-order valence-electron chi connectivity index (χ4n) is 2.65. The van der Waals surface area contributed by atoms with Crippen LogP contribution in [0.5, 0.6) is 0 Å². The third kappa shape index (κ3) is 3.26. The lowest BCUT2D eigenvalue weighted by Crippen LogP contribution is -2.33. The molecule has 4 heteroatoms. The van der Waals surface area contributed by atoms with Crippen LogP contribution >= 0.6 is 0 Å². The van der Waals surface area contributed by atoms with Crippen LogP contribution in [0.4, 0.5) is 0 Å². The number of benzene rings is 2. The van der Waals surface area contributed by atoms with E-state index in [1.807, 2.05) is 54.6 Å². The van der Waals surface area contributed by atoms with Crippen molar-refractivity contribution in [3.05, 3.63) is 66.0 Å². The average Bonchev–Trinajstić information content (AvgIpc) is 3.03. The Balaban J connectivity index is 1.90. The Morgan fingerprint density at radius 3 is 2.52 bits per heavy atom. The number of nitrogens with one attached hydrogen (secondary N) is 2. The monoisotopic (exact) mass is 307 g/mol. The van der Waals surface area contributed by atoms with Crippen molar-refractivity contribution in [2.24, 2.45) is 5.92 Å². The maximum absolute atomic E-state index is 12.5. The number of aromatic amines is 1. The van der Waals surface area contributed by atoms with Crippen LogP contribution in [-0.2, 0) is 0 Å². The highest BCUT2D eigenvalue weighted by atomic mass is 16.1. The summed E-state index contributed by atoms with van der Waals surface area (Å²) >= 11 is 0. The number of hydrogen-bond donors (Lipinski definition) is 2. The fraction of sp³-hybridized carbons (Fsp3) is 0.263. The van der Waals surface area contributed by atoms with Crippen molar-refractivity contribution >= 4 is 16.9 Å². The number of H-pyrrole nitrogens is 1. The molecule has 2 atom stereocenters. The van der Waals surface area contributed by atoms with Crippen molar-refractivity contribution in [2.45, 2.75) is 26.3 Å². The number of amides is 1. The Hall–Kier alpha value is -2.62. The largest absolute Gasteiger partial charge is 0.342 e. The van der Waals surface area contributed by atoms with E-state index in [-0.39, 0.29) is 17.9 Å². The highest BCUT2D eigenvalue weighted by Crippen LogP contribution is 2.25. The maximum Gasteiger partial charge on any atom is 0.251 e. The van der Waals surface area contributed by atoms with Crippen molar-refractivity contribution in [3.8, 4) is 0 Å². The minimum absolute atomic E-state index is 0.0728. The molecule has 0 radical (unpaired) electrons. The Bertz CT molecular complexity index is 761. The minimum Gasteiger partial charge on any atom is -0.342 e. The molecule has 0 unspecified atom stereocenters. The molecule has 0 saturated heterocycles. The summed E-state index contributed by atoms with van der Waals surface area (Å²) in [6.07, 6.45) is 0.955. The number of carbonyl (C=O) groups excluding carboxylic acids is 1. The number of fused-ring (bicyclic) bond motifs is 1. The van der Waals surface area contributed by atoms with Gasteiger partial charge in [-0.2, -0.15) is 0 Å². The summed E-state index contributed by atoms with van der Waals surface area (Å²) in [6.45, 7) is 4.25. The van der Waals surface area contributed by atoms with Gasteiger partial charge in [0.05, 0.1) is 17.1 Å². The standard InChI is InChI=1S/C19H21N3O/c1-3-13(2)17(22-19(23)14-9-5-4-6-10-14)18-20-15-11-7-8-12-16(15)21-18/h4-13,17H,3H2,1-2H3,(H,20,21)(H,22,23)/t13-,17-/m1/s1. The first-order chi connectivity index (χ1) is 11.2. The van der Waals surface area contributed by atoms with Gasteiger partial charge in [0, 0.05) is 5.56 Å². The highest BCUT2D eigenvalue weighted by molar-refractivity contribution is 5.94. The van der Waals surface area contributed by atoms with Crippen LogP contribution in [0.25, 0.3) is 11.0 Å². The van der Waals surface area contributed by atoms with Gasteiger partial charge < -0.3 is 10.3 Å². The first-order valence-corrected chi connectivity index (χ1v) is 7.99. The molecule has 2 aromatic carbocycles. The summed E-state index contributed by atoms with van der Waals surface area (Å²) in [5.74, 6) is 1.02. The smallest absolute Gasteiger partial charge is 0.251 e. The predicted molar refractivity (Wildman–Crippen MR) is 92.2 cm³/mol. The highest BCUT2D eigenvalue weighted by Gasteiger charge is 2.24. The van der Waals surface area contributed by atoms with E-state index in [1.54, 1.807) is 0 Å². The third-order valence-corrected chi connectivity index (χ3v) is 4.24. The van der Waals surface area contributed by atoms with Gasteiger partial charge in [-0.1, -0.05) is 50.6 Å². The van der Waals surface area contributed by atoms with E-state index in [4.69, 9.17) is 0 Å². The number of hydrogen-bond acceptors (Lipinski definition) is 2. The number of nitrogens with zero attached hydrogens (tertiary/aromatic N) is 1. The van der Waals surface area contributed by atoms with Crippen molar-refractivity contribution in [1.29, 1.82) is 0 Å². The zero-order valence-corrected chi connectivity index (χ0v) is 13.4. The van der Waals surface area contributed by atoms with E-state index >= 15 is 0 Å². The molecule has 0 saturated carbocycles. The van der Waals surface area contributed by atoms with Gasteiger partial charge in [-0.25, -0.2) is 4.98 Å². The molecular weight excluding hydrogens is 286 g/mol. The fourth-order valence-corrected chi connectivity index (χ4v) is 2.65. The summed E-state index contributed by atoms with van der Waals surface area (Å²) in [5.41, 5.74) is 2.58. The van der Waals surface area contributed by atoms with E-state index < -0.39 is 0 Å². The van der Waals surface area contributed by atoms with Gasteiger partial charge in [0.25, 0.3) is 5.91 Å². The summed E-state index contributed by atoms with van der Waals surface area (Å²) < 4.78 is 0. The topological polar surface area (TPSA) is 57.8 Å². The molecule has 0 bridgehead atoms. The second-order valence-corrected chi connectivity index (χ2v) is 5.84. The van der Waals surface area contributed by atoms with Crippen LogP contribution in [0, 0.1) is 5.92 Å². The minimum atomic E-state index is -0.139. The molecule has 0 aliphatic carbocycles. The Morgan fingerprint density at radius 2 is 1.83 bits per heavy atom. The van der Waals surface area contributed by atoms with Gasteiger partial charge in [0.15, 0.2) is 0 Å². The van der Waals surface area contributed by atoms with Crippen LogP contribution in [0.2, 0.25) is 0 Å². The number of rotatable bonds is 5. The quantitative estimate of drug-likeness (QED) is 0.746. The predicted octanol–water partition coefficient (Wildman–Crippen LogP) is 4.08. The molecule has 0 aliphatic heterocycles. The molecule has 0 fully saturated rings. The molecule has 23 heavy (non-hydrogen) atoms. The van der Waals surface area contributed by atoms with Gasteiger partial charge in [-0.05, 0) is 30.2 Å². The second kappa shape index (κ2) is 6.65. The third-order valence-electron chi connectivity index (χ3n) is 4.24. The first-order valence-electron chi connectivity index (χ1n) is 7.99. The summed E-state index contributed by atoms with van der Waals surface area (Å²) in [4.78, 5) is 20.5. The zero-order chi connectivity index (χ0) is 16.2. The van der Waals surface area contributed by atoms with Gasteiger partial charge in [0.1, 0.15) is 5.82 Å². The summed E-state index contributed by atoms with van der Waals surface area (Å²) in [5, 5.41) is 3.13. The zero-order valence-electron chi connectivity index (χ0n) is 13.4. The molecule has 3 rings (SSSR count). The van der Waals surface area contributed by atoms with E-state index in [0.29, 0.717) is 5.56 Å². The molecule has 0 aliphatic rings. The van der Waals surface area contributed by atoms with Crippen molar-refractivity contribution < 1.29 is 4.79 Å². The van der Waals surface area contributed by atoms with Gasteiger partial charge in [-0.3, -0.25) is 4.79 Å². The second-order valence-electron chi connectivity index (χ2n) is 5.84. The van der Waals surface area contributed by atoms with Gasteiger partial charge in [-0.15, -0.1) is 0 Å². The van der Waals surface area contributed by atoms with Crippen molar-refractivity contribution in [3.63, 3.8) is 0 Å². The molecule has 3 aromatic rings. The number of para-hydroxylation sites is 2. The van der Waals surface area contributed by atoms with E-state index in [2.05, 4.69) is 29.1 Å². The molecule has 1 aromatic heterocycles. The molecule has 1 amide bonds. The van der Waals surface area contributed by atoms with Gasteiger partial charge in [0.2, 0.25) is 0 Å². The lowest BCUT2D eigenvalue weighted by molar-refractivity contribution is 0.0920. The molecule has 4 nitrogen and oxygen atoms in total. The Kier molecular flexibility index (Phi) is 4.42. The van der Waals surface area contributed by atoms with Gasteiger partial charge >= 0.3 is 0 Å². The summed E-state index contributed by atoms with van der Waals surface area (Å²) in [7, 11) is 0. The number of imidazole rings is 1. The Morgan fingerprint density at radius 1 is 1.13 bits per heavy atom. The lowest BCUT2D eigenvalue weighted by Gasteiger charge is -2.22. The number of carbonyl (C=O) groups is 1. The average molecular weight is 307 g/mol. The SMILES string of the molecule is CC[C@@H](C)[C@@H](NC(=O)c1ccccc1)c1nc2ccccc2[nH]1. The first kappa shape index (κ1) is 15.3. The van der Waals surface area contributed by atoms with E-state index in [1.165, 1.54) is 0 Å². The van der Waals surface area contributed by atoms with Crippen molar-refractivity contribution in [1.82, 2.24) is 15.3 Å². The van der Waals surface area contributed by atoms with E-state index in [0.717, 1.165) is 23.3 Å². The molecular formula is C19H21N3O. The normalized spacial score (nSPS) is 13.7. The van der Waals surface area contributed by atoms with Crippen LogP contribution in [0.3, 0.4) is 0 Å². The van der Waals surface area contributed by atoms with Crippen LogP contribution in [0.1, 0.15) is 42.5 Å². The number of aromatic nitrogens is 2. The van der Waals surface area contributed by atoms with Crippen LogP contribution in [0.15, 0.2) is 54.6 Å². The Labute approximate surface area is 136 Å². The van der Waals surface area contributed by atoms with E-state index in [9.17, 15) is 4.79 Å². The molecule has 2 N–H and O–H groups in total. The molecule has 1 heterocycles. The molecule has 118 valence electrons.